The van der Waals surface area contributed by atoms with Crippen LogP contribution in [-0.2, 0) is 12.3 Å². The smallest absolute Gasteiger partial charge is 0.237 e. The zero-order chi connectivity index (χ0) is 16.2. The molecule has 6 nitrogen and oxygen atoms in total. The maximum atomic E-state index is 5.34. The summed E-state index contributed by atoms with van der Waals surface area (Å²) in [4.78, 5) is 4.46. The van der Waals surface area contributed by atoms with Crippen molar-refractivity contribution in [2.75, 3.05) is 0 Å². The van der Waals surface area contributed by atoms with Gasteiger partial charge in [0.15, 0.2) is 5.16 Å². The molecule has 1 aromatic carbocycles. The summed E-state index contributed by atoms with van der Waals surface area (Å²) in [6.07, 6.45) is 1.82. The van der Waals surface area contributed by atoms with E-state index in [0.717, 1.165) is 22.1 Å². The zero-order valence-corrected chi connectivity index (χ0v) is 13.9. The van der Waals surface area contributed by atoms with Gasteiger partial charge in [-0.3, -0.25) is 0 Å². The Hall–Kier alpha value is -2.41. The molecule has 0 N–H and O–H groups in total. The standard InChI is InChI=1S/C16H17N5OS/c1-4-9-21-12(3)18-19-16(21)23-10-14-17-15(20-22-14)13-8-6-5-7-11(13)2/h4-8H,1,9-10H2,2-3H3. The second-order valence-electron chi connectivity index (χ2n) is 5.04. The lowest BCUT2D eigenvalue weighted by Crippen LogP contribution is -2.00. The van der Waals surface area contributed by atoms with Crippen molar-refractivity contribution < 1.29 is 4.52 Å². The van der Waals surface area contributed by atoms with Gasteiger partial charge in [-0.15, -0.1) is 16.8 Å². The van der Waals surface area contributed by atoms with Gasteiger partial charge in [-0.1, -0.05) is 47.3 Å². The molecule has 0 aliphatic carbocycles. The highest BCUT2D eigenvalue weighted by Gasteiger charge is 2.13. The first-order chi connectivity index (χ1) is 11.2. The van der Waals surface area contributed by atoms with Crippen LogP contribution in [0, 0.1) is 13.8 Å². The number of benzene rings is 1. The van der Waals surface area contributed by atoms with Crippen LogP contribution in [0.1, 0.15) is 17.3 Å². The first-order valence-electron chi connectivity index (χ1n) is 7.21. The van der Waals surface area contributed by atoms with E-state index < -0.39 is 0 Å². The van der Waals surface area contributed by atoms with Crippen molar-refractivity contribution in [1.82, 2.24) is 24.9 Å². The van der Waals surface area contributed by atoms with Crippen LogP contribution in [0.3, 0.4) is 0 Å². The van der Waals surface area contributed by atoms with Crippen LogP contribution < -0.4 is 0 Å². The van der Waals surface area contributed by atoms with Gasteiger partial charge in [0, 0.05) is 12.1 Å². The molecule has 0 amide bonds. The second-order valence-corrected chi connectivity index (χ2v) is 5.99. The van der Waals surface area contributed by atoms with E-state index in [9.17, 15) is 0 Å². The van der Waals surface area contributed by atoms with Crippen molar-refractivity contribution in [3.05, 3.63) is 54.2 Å². The van der Waals surface area contributed by atoms with E-state index in [1.54, 1.807) is 0 Å². The molecule has 0 bridgehead atoms. The van der Waals surface area contributed by atoms with E-state index in [-0.39, 0.29) is 0 Å². The van der Waals surface area contributed by atoms with E-state index in [1.807, 2.05) is 48.8 Å². The molecule has 7 heteroatoms. The molecule has 118 valence electrons. The molecule has 2 aromatic heterocycles. The predicted octanol–water partition coefficient (Wildman–Crippen LogP) is 3.42. The van der Waals surface area contributed by atoms with E-state index in [4.69, 9.17) is 4.52 Å². The Kier molecular flexibility index (Phi) is 4.57. The predicted molar refractivity (Wildman–Crippen MR) is 89.0 cm³/mol. The number of allylic oxidation sites excluding steroid dienone is 1. The van der Waals surface area contributed by atoms with E-state index in [2.05, 4.69) is 26.9 Å². The molecule has 2 heterocycles. The van der Waals surface area contributed by atoms with Crippen LogP contribution in [0.15, 0.2) is 46.6 Å². The molecule has 0 saturated heterocycles. The number of aromatic nitrogens is 5. The molecular formula is C16H17N5OS. The van der Waals surface area contributed by atoms with Gasteiger partial charge in [0.1, 0.15) is 5.82 Å². The number of hydrogen-bond donors (Lipinski definition) is 0. The highest BCUT2D eigenvalue weighted by molar-refractivity contribution is 7.98. The van der Waals surface area contributed by atoms with Gasteiger partial charge in [0.05, 0.1) is 5.75 Å². The topological polar surface area (TPSA) is 69.6 Å². The average Bonchev–Trinajstić information content (AvgIpc) is 3.14. The first kappa shape index (κ1) is 15.5. The minimum atomic E-state index is 0.550. The molecule has 0 atom stereocenters. The summed E-state index contributed by atoms with van der Waals surface area (Å²) in [5, 5.41) is 13.1. The number of aryl methyl sites for hydroxylation is 2. The normalized spacial score (nSPS) is 10.9. The van der Waals surface area contributed by atoms with E-state index in [0.29, 0.717) is 24.0 Å². The molecule has 0 spiro atoms. The van der Waals surface area contributed by atoms with E-state index in [1.165, 1.54) is 11.8 Å². The summed E-state index contributed by atoms with van der Waals surface area (Å²) in [6.45, 7) is 8.38. The molecule has 0 aliphatic heterocycles. The quantitative estimate of drug-likeness (QED) is 0.510. The Labute approximate surface area is 138 Å². The third kappa shape index (κ3) is 3.34. The van der Waals surface area contributed by atoms with Crippen LogP contribution >= 0.6 is 11.8 Å². The summed E-state index contributed by atoms with van der Waals surface area (Å²) in [6, 6.07) is 7.97. The number of thioether (sulfide) groups is 1. The molecule has 0 saturated carbocycles. The second kappa shape index (κ2) is 6.78. The van der Waals surface area contributed by atoms with Gasteiger partial charge < -0.3 is 9.09 Å². The third-order valence-corrected chi connectivity index (χ3v) is 4.34. The highest BCUT2D eigenvalue weighted by Crippen LogP contribution is 2.24. The summed E-state index contributed by atoms with van der Waals surface area (Å²) >= 11 is 1.52. The van der Waals surface area contributed by atoms with Gasteiger partial charge in [-0.25, -0.2) is 0 Å². The van der Waals surface area contributed by atoms with Crippen molar-refractivity contribution in [1.29, 1.82) is 0 Å². The molecule has 0 aliphatic rings. The molecule has 3 aromatic rings. The molecule has 0 unspecified atom stereocenters. The lowest BCUT2D eigenvalue weighted by Gasteiger charge is -2.03. The number of nitrogens with zero attached hydrogens (tertiary/aromatic N) is 5. The van der Waals surface area contributed by atoms with Gasteiger partial charge >= 0.3 is 0 Å². The van der Waals surface area contributed by atoms with Gasteiger partial charge in [0.2, 0.25) is 11.7 Å². The molecule has 0 radical (unpaired) electrons. The fraction of sp³-hybridized carbons (Fsp3) is 0.250. The number of rotatable bonds is 6. The Morgan fingerprint density at radius 3 is 2.87 bits per heavy atom. The number of hydrogen-bond acceptors (Lipinski definition) is 6. The van der Waals surface area contributed by atoms with Crippen LogP contribution in [0.25, 0.3) is 11.4 Å². The fourth-order valence-corrected chi connectivity index (χ4v) is 3.01. The first-order valence-corrected chi connectivity index (χ1v) is 8.19. The molecular weight excluding hydrogens is 310 g/mol. The van der Waals surface area contributed by atoms with Crippen molar-refractivity contribution in [3.63, 3.8) is 0 Å². The van der Waals surface area contributed by atoms with Crippen molar-refractivity contribution in [2.45, 2.75) is 31.3 Å². The minimum absolute atomic E-state index is 0.550. The lowest BCUT2D eigenvalue weighted by molar-refractivity contribution is 0.391. The van der Waals surface area contributed by atoms with Gasteiger partial charge in [-0.2, -0.15) is 4.98 Å². The zero-order valence-electron chi connectivity index (χ0n) is 13.1. The van der Waals surface area contributed by atoms with Crippen LogP contribution in [0.5, 0.6) is 0 Å². The fourth-order valence-electron chi connectivity index (χ4n) is 2.18. The Balaban J connectivity index is 1.73. The van der Waals surface area contributed by atoms with Crippen molar-refractivity contribution >= 4 is 11.8 Å². The lowest BCUT2D eigenvalue weighted by atomic mass is 10.1. The maximum Gasteiger partial charge on any atom is 0.237 e. The summed E-state index contributed by atoms with van der Waals surface area (Å²) in [5.74, 6) is 2.59. The summed E-state index contributed by atoms with van der Waals surface area (Å²) in [7, 11) is 0. The van der Waals surface area contributed by atoms with Crippen LogP contribution in [-0.4, -0.2) is 24.9 Å². The molecule has 23 heavy (non-hydrogen) atoms. The Bertz CT molecular complexity index is 823. The van der Waals surface area contributed by atoms with Crippen LogP contribution in [0.4, 0.5) is 0 Å². The van der Waals surface area contributed by atoms with Gasteiger partial charge in [-0.05, 0) is 19.4 Å². The monoisotopic (exact) mass is 327 g/mol. The third-order valence-electron chi connectivity index (χ3n) is 3.39. The average molecular weight is 327 g/mol. The van der Waals surface area contributed by atoms with Gasteiger partial charge in [0.25, 0.3) is 0 Å². The highest BCUT2D eigenvalue weighted by atomic mass is 32.2. The molecule has 3 rings (SSSR count). The minimum Gasteiger partial charge on any atom is -0.338 e. The maximum absolute atomic E-state index is 5.34. The van der Waals surface area contributed by atoms with Crippen LogP contribution in [0.2, 0.25) is 0 Å². The Morgan fingerprint density at radius 2 is 2.09 bits per heavy atom. The largest absolute Gasteiger partial charge is 0.338 e. The molecule has 0 fully saturated rings. The van der Waals surface area contributed by atoms with Crippen molar-refractivity contribution in [2.24, 2.45) is 0 Å². The SMILES string of the molecule is C=CCn1c(C)nnc1SCc1nc(-c2ccccc2C)no1. The van der Waals surface area contributed by atoms with E-state index >= 15 is 0 Å². The Morgan fingerprint density at radius 1 is 1.26 bits per heavy atom. The van der Waals surface area contributed by atoms with Crippen molar-refractivity contribution in [3.8, 4) is 11.4 Å². The summed E-state index contributed by atoms with van der Waals surface area (Å²) < 4.78 is 7.34. The summed E-state index contributed by atoms with van der Waals surface area (Å²) in [5.41, 5.74) is 2.10.